The molecule has 0 N–H and O–H groups in total. The Morgan fingerprint density at radius 2 is 2.07 bits per heavy atom. The van der Waals surface area contributed by atoms with Gasteiger partial charge in [-0.25, -0.2) is 4.98 Å². The van der Waals surface area contributed by atoms with Crippen molar-refractivity contribution in [2.75, 3.05) is 18.5 Å². The third-order valence-corrected chi connectivity index (χ3v) is 3.14. The molecule has 1 aliphatic rings. The number of aryl methyl sites for hydroxylation is 1. The van der Waals surface area contributed by atoms with Crippen LogP contribution >= 0.6 is 0 Å². The monoisotopic (exact) mass is 205 g/mol. The van der Waals surface area contributed by atoms with Crippen molar-refractivity contribution in [2.24, 2.45) is 5.92 Å². The number of rotatable bonds is 3. The Morgan fingerprint density at radius 1 is 1.33 bits per heavy atom. The van der Waals surface area contributed by atoms with Crippen molar-refractivity contribution in [1.29, 1.82) is 0 Å². The van der Waals surface area contributed by atoms with Crippen LogP contribution in [0.5, 0.6) is 0 Å². The first-order valence-electron chi connectivity index (χ1n) is 5.75. The normalized spacial score (nSPS) is 16.9. The van der Waals surface area contributed by atoms with Crippen LogP contribution in [0.3, 0.4) is 0 Å². The first-order chi connectivity index (χ1) is 7.25. The first-order valence-corrected chi connectivity index (χ1v) is 5.75. The van der Waals surface area contributed by atoms with Gasteiger partial charge < -0.3 is 4.90 Å². The molecule has 1 fully saturated rings. The summed E-state index contributed by atoms with van der Waals surface area (Å²) < 4.78 is 0. The zero-order chi connectivity index (χ0) is 10.7. The maximum atomic E-state index is 4.48. The summed E-state index contributed by atoms with van der Waals surface area (Å²) in [5, 5.41) is 0. The van der Waals surface area contributed by atoms with Crippen molar-refractivity contribution in [3.05, 3.63) is 18.1 Å². The van der Waals surface area contributed by atoms with E-state index in [1.807, 2.05) is 13.1 Å². The Kier molecular flexibility index (Phi) is 3.19. The first kappa shape index (κ1) is 10.4. The van der Waals surface area contributed by atoms with Gasteiger partial charge in [0.15, 0.2) is 0 Å². The van der Waals surface area contributed by atoms with Crippen LogP contribution in [-0.2, 0) is 0 Å². The molecular weight excluding hydrogens is 186 g/mol. The van der Waals surface area contributed by atoms with Crippen LogP contribution in [0.4, 0.5) is 5.82 Å². The van der Waals surface area contributed by atoms with Crippen LogP contribution in [0.25, 0.3) is 0 Å². The molecule has 0 spiro atoms. The van der Waals surface area contributed by atoms with Crippen LogP contribution < -0.4 is 4.90 Å². The predicted molar refractivity (Wildman–Crippen MR) is 62.0 cm³/mol. The third kappa shape index (κ3) is 2.67. The summed E-state index contributed by atoms with van der Waals surface area (Å²) in [6.07, 6.45) is 9.21. The molecule has 1 aliphatic carbocycles. The van der Waals surface area contributed by atoms with E-state index >= 15 is 0 Å². The second-order valence-corrected chi connectivity index (χ2v) is 4.55. The fourth-order valence-corrected chi connectivity index (χ4v) is 2.31. The van der Waals surface area contributed by atoms with Crippen LogP contribution in [0.2, 0.25) is 0 Å². The zero-order valence-corrected chi connectivity index (χ0v) is 9.61. The fourth-order valence-electron chi connectivity index (χ4n) is 2.31. The lowest BCUT2D eigenvalue weighted by Gasteiger charge is -2.21. The number of anilines is 1. The number of aromatic nitrogens is 2. The van der Waals surface area contributed by atoms with Crippen molar-refractivity contribution in [3.8, 4) is 0 Å². The third-order valence-electron chi connectivity index (χ3n) is 3.14. The number of hydrogen-bond donors (Lipinski definition) is 0. The van der Waals surface area contributed by atoms with Crippen LogP contribution in [0.15, 0.2) is 12.4 Å². The Hall–Kier alpha value is -1.12. The lowest BCUT2D eigenvalue weighted by Crippen LogP contribution is -2.25. The molecule has 1 saturated carbocycles. The van der Waals surface area contributed by atoms with Gasteiger partial charge in [-0.15, -0.1) is 0 Å². The van der Waals surface area contributed by atoms with Gasteiger partial charge in [-0.3, -0.25) is 4.98 Å². The van der Waals surface area contributed by atoms with E-state index in [-0.39, 0.29) is 0 Å². The standard InChI is InChI=1S/C12H19N3/c1-10-7-13-8-12(14-10)15(2)9-11-5-3-4-6-11/h7-8,11H,3-6,9H2,1-2H3. The molecule has 1 aromatic heterocycles. The molecule has 15 heavy (non-hydrogen) atoms. The van der Waals surface area contributed by atoms with E-state index in [1.54, 1.807) is 6.20 Å². The molecule has 0 atom stereocenters. The molecule has 0 radical (unpaired) electrons. The summed E-state index contributed by atoms with van der Waals surface area (Å²) in [7, 11) is 2.11. The highest BCUT2D eigenvalue weighted by Crippen LogP contribution is 2.26. The van der Waals surface area contributed by atoms with Gasteiger partial charge in [-0.05, 0) is 25.7 Å². The minimum absolute atomic E-state index is 0.859. The molecule has 0 unspecified atom stereocenters. The Bertz CT molecular complexity index is 318. The smallest absolute Gasteiger partial charge is 0.147 e. The second-order valence-electron chi connectivity index (χ2n) is 4.55. The zero-order valence-electron chi connectivity index (χ0n) is 9.61. The van der Waals surface area contributed by atoms with Crippen molar-refractivity contribution in [2.45, 2.75) is 32.6 Å². The van der Waals surface area contributed by atoms with E-state index in [0.29, 0.717) is 0 Å². The van der Waals surface area contributed by atoms with Gasteiger partial charge in [0.25, 0.3) is 0 Å². The molecule has 1 heterocycles. The molecule has 3 nitrogen and oxygen atoms in total. The molecule has 0 bridgehead atoms. The quantitative estimate of drug-likeness (QED) is 0.758. The van der Waals surface area contributed by atoms with Gasteiger partial charge in [0.1, 0.15) is 5.82 Å². The van der Waals surface area contributed by atoms with E-state index in [4.69, 9.17) is 0 Å². The van der Waals surface area contributed by atoms with Crippen LogP contribution in [0, 0.1) is 12.8 Å². The average molecular weight is 205 g/mol. The second kappa shape index (κ2) is 4.60. The van der Waals surface area contributed by atoms with Gasteiger partial charge in [0, 0.05) is 19.8 Å². The minimum Gasteiger partial charge on any atom is -0.358 e. The van der Waals surface area contributed by atoms with Gasteiger partial charge in [-0.2, -0.15) is 0 Å². The number of hydrogen-bond acceptors (Lipinski definition) is 3. The lowest BCUT2D eigenvalue weighted by atomic mass is 10.1. The molecule has 1 aromatic rings. The highest BCUT2D eigenvalue weighted by atomic mass is 15.2. The Morgan fingerprint density at radius 3 is 2.73 bits per heavy atom. The van der Waals surface area contributed by atoms with Crippen molar-refractivity contribution >= 4 is 5.82 Å². The van der Waals surface area contributed by atoms with E-state index < -0.39 is 0 Å². The lowest BCUT2D eigenvalue weighted by molar-refractivity contribution is 0.544. The molecule has 0 saturated heterocycles. The Balaban J connectivity index is 1.97. The van der Waals surface area contributed by atoms with Gasteiger partial charge >= 0.3 is 0 Å². The van der Waals surface area contributed by atoms with E-state index in [0.717, 1.165) is 24.0 Å². The average Bonchev–Trinajstić information content (AvgIpc) is 2.70. The van der Waals surface area contributed by atoms with Gasteiger partial charge in [0.2, 0.25) is 0 Å². The summed E-state index contributed by atoms with van der Waals surface area (Å²) in [5.41, 5.74) is 0.991. The van der Waals surface area contributed by atoms with Gasteiger partial charge in [-0.1, -0.05) is 12.8 Å². The highest BCUT2D eigenvalue weighted by Gasteiger charge is 2.17. The molecule has 82 valence electrons. The minimum atomic E-state index is 0.859. The molecule has 3 heteroatoms. The summed E-state index contributed by atoms with van der Waals surface area (Å²) in [6, 6.07) is 0. The number of nitrogens with zero attached hydrogens (tertiary/aromatic N) is 3. The maximum absolute atomic E-state index is 4.48. The molecule has 0 aromatic carbocycles. The van der Waals surface area contributed by atoms with Crippen molar-refractivity contribution < 1.29 is 0 Å². The van der Waals surface area contributed by atoms with E-state index in [1.165, 1.54) is 25.7 Å². The highest BCUT2D eigenvalue weighted by molar-refractivity contribution is 5.34. The molecule has 0 amide bonds. The van der Waals surface area contributed by atoms with Gasteiger partial charge in [0.05, 0.1) is 11.9 Å². The Labute approximate surface area is 91.5 Å². The van der Waals surface area contributed by atoms with E-state index in [2.05, 4.69) is 21.9 Å². The maximum Gasteiger partial charge on any atom is 0.147 e. The van der Waals surface area contributed by atoms with Crippen LogP contribution in [0.1, 0.15) is 31.4 Å². The summed E-state index contributed by atoms with van der Waals surface area (Å²) in [6.45, 7) is 3.11. The summed E-state index contributed by atoms with van der Waals surface area (Å²) in [4.78, 5) is 10.9. The molecule has 0 aliphatic heterocycles. The van der Waals surface area contributed by atoms with Crippen molar-refractivity contribution in [1.82, 2.24) is 9.97 Å². The summed E-state index contributed by atoms with van der Waals surface area (Å²) in [5.74, 6) is 1.86. The molecular formula is C12H19N3. The van der Waals surface area contributed by atoms with Crippen molar-refractivity contribution in [3.63, 3.8) is 0 Å². The van der Waals surface area contributed by atoms with E-state index in [9.17, 15) is 0 Å². The largest absolute Gasteiger partial charge is 0.358 e. The predicted octanol–water partition coefficient (Wildman–Crippen LogP) is 2.41. The molecule has 2 rings (SSSR count). The fraction of sp³-hybridized carbons (Fsp3) is 0.667. The SMILES string of the molecule is Cc1cncc(N(C)CC2CCCC2)n1. The summed E-state index contributed by atoms with van der Waals surface area (Å²) >= 11 is 0. The topological polar surface area (TPSA) is 29.0 Å². The van der Waals surface area contributed by atoms with Crippen LogP contribution in [-0.4, -0.2) is 23.6 Å².